The van der Waals surface area contributed by atoms with Crippen molar-refractivity contribution in [3.8, 4) is 0 Å². The molecule has 132 valence electrons. The van der Waals surface area contributed by atoms with Crippen LogP contribution in [0.25, 0.3) is 0 Å². The molecule has 0 saturated carbocycles. The summed E-state index contributed by atoms with van der Waals surface area (Å²) in [5, 5.41) is 12.3. The first-order valence-electron chi connectivity index (χ1n) is 7.55. The first-order chi connectivity index (χ1) is 11.3. The van der Waals surface area contributed by atoms with Crippen molar-refractivity contribution in [2.45, 2.75) is 26.8 Å². The normalized spacial score (nSPS) is 12.9. The Morgan fingerprint density at radius 1 is 1.33 bits per heavy atom. The SMILES string of the molecule is CCOC(=O)/C(=C\N[C@H](CO)C(C)C)C(=O)c1cc(Br)ccc1Br. The molecule has 0 unspecified atom stereocenters. The molecule has 1 atom stereocenters. The molecular formula is C17H21Br2NO4. The van der Waals surface area contributed by atoms with E-state index in [1.807, 2.05) is 13.8 Å². The lowest BCUT2D eigenvalue weighted by molar-refractivity contribution is -0.138. The number of esters is 1. The van der Waals surface area contributed by atoms with E-state index < -0.39 is 11.8 Å². The molecule has 0 bridgehead atoms. The fourth-order valence-electron chi connectivity index (χ4n) is 1.89. The third kappa shape index (κ3) is 5.72. The van der Waals surface area contributed by atoms with Crippen LogP contribution in [-0.2, 0) is 9.53 Å². The van der Waals surface area contributed by atoms with Crippen molar-refractivity contribution in [2.75, 3.05) is 13.2 Å². The van der Waals surface area contributed by atoms with E-state index in [2.05, 4.69) is 37.2 Å². The first-order valence-corrected chi connectivity index (χ1v) is 9.14. The molecule has 5 nitrogen and oxygen atoms in total. The van der Waals surface area contributed by atoms with Crippen LogP contribution >= 0.6 is 31.9 Å². The smallest absolute Gasteiger partial charge is 0.343 e. The van der Waals surface area contributed by atoms with Crippen LogP contribution in [0, 0.1) is 5.92 Å². The summed E-state index contributed by atoms with van der Waals surface area (Å²) in [5.41, 5.74) is 0.227. The van der Waals surface area contributed by atoms with E-state index in [1.54, 1.807) is 25.1 Å². The predicted molar refractivity (Wildman–Crippen MR) is 99.7 cm³/mol. The summed E-state index contributed by atoms with van der Waals surface area (Å²) in [4.78, 5) is 25.0. The lowest BCUT2D eigenvalue weighted by atomic mass is 10.0. The van der Waals surface area contributed by atoms with Gasteiger partial charge in [-0.1, -0.05) is 45.7 Å². The fraction of sp³-hybridized carbons (Fsp3) is 0.412. The summed E-state index contributed by atoms with van der Waals surface area (Å²) >= 11 is 6.64. The second-order valence-electron chi connectivity index (χ2n) is 5.43. The maximum Gasteiger partial charge on any atom is 0.343 e. The minimum Gasteiger partial charge on any atom is -0.462 e. The molecule has 1 aromatic carbocycles. The molecule has 1 aromatic rings. The zero-order valence-electron chi connectivity index (χ0n) is 13.8. The number of nitrogens with one attached hydrogen (secondary N) is 1. The minimum atomic E-state index is -0.706. The van der Waals surface area contributed by atoms with E-state index in [-0.39, 0.29) is 30.7 Å². The van der Waals surface area contributed by atoms with E-state index in [9.17, 15) is 14.7 Å². The zero-order chi connectivity index (χ0) is 18.3. The maximum absolute atomic E-state index is 12.8. The number of aliphatic hydroxyl groups excluding tert-OH is 1. The van der Waals surface area contributed by atoms with Gasteiger partial charge in [0.15, 0.2) is 0 Å². The van der Waals surface area contributed by atoms with Crippen molar-refractivity contribution in [3.63, 3.8) is 0 Å². The Morgan fingerprint density at radius 3 is 2.54 bits per heavy atom. The molecule has 0 aliphatic heterocycles. The second-order valence-corrected chi connectivity index (χ2v) is 7.20. The number of halogens is 2. The number of ether oxygens (including phenoxy) is 1. The lowest BCUT2D eigenvalue weighted by Crippen LogP contribution is -2.34. The highest BCUT2D eigenvalue weighted by atomic mass is 79.9. The molecule has 7 heteroatoms. The van der Waals surface area contributed by atoms with Gasteiger partial charge in [-0.15, -0.1) is 0 Å². The van der Waals surface area contributed by atoms with Gasteiger partial charge >= 0.3 is 5.97 Å². The first kappa shape index (κ1) is 20.9. The number of carbonyl (C=O) groups excluding carboxylic acids is 2. The molecule has 0 amide bonds. The number of rotatable bonds is 8. The minimum absolute atomic E-state index is 0.112. The van der Waals surface area contributed by atoms with Crippen LogP contribution in [-0.4, -0.2) is 36.1 Å². The van der Waals surface area contributed by atoms with Crippen molar-refractivity contribution >= 4 is 43.6 Å². The van der Waals surface area contributed by atoms with Crippen LogP contribution in [0.5, 0.6) is 0 Å². The van der Waals surface area contributed by atoms with Gasteiger partial charge in [-0.25, -0.2) is 4.79 Å². The average Bonchev–Trinajstić information content (AvgIpc) is 2.53. The second kappa shape index (κ2) is 9.96. The van der Waals surface area contributed by atoms with E-state index in [0.717, 1.165) is 4.47 Å². The van der Waals surface area contributed by atoms with Crippen molar-refractivity contribution < 1.29 is 19.4 Å². The van der Waals surface area contributed by atoms with Gasteiger partial charge in [0.05, 0.1) is 19.3 Å². The molecule has 0 aliphatic carbocycles. The summed E-state index contributed by atoms with van der Waals surface area (Å²) in [5.74, 6) is -1.04. The summed E-state index contributed by atoms with van der Waals surface area (Å²) in [7, 11) is 0. The van der Waals surface area contributed by atoms with Gasteiger partial charge in [-0.05, 0) is 31.0 Å². The van der Waals surface area contributed by atoms with Gasteiger partial charge in [0, 0.05) is 20.7 Å². The van der Waals surface area contributed by atoms with Crippen LogP contribution in [0.15, 0.2) is 38.9 Å². The molecular weight excluding hydrogens is 442 g/mol. The van der Waals surface area contributed by atoms with Crippen LogP contribution in [0.1, 0.15) is 31.1 Å². The molecule has 0 radical (unpaired) electrons. The van der Waals surface area contributed by atoms with E-state index in [1.165, 1.54) is 6.20 Å². The maximum atomic E-state index is 12.8. The third-order valence-electron chi connectivity index (χ3n) is 3.36. The Morgan fingerprint density at radius 2 is 2.00 bits per heavy atom. The number of aliphatic hydroxyl groups is 1. The van der Waals surface area contributed by atoms with Gasteiger partial charge in [0.25, 0.3) is 0 Å². The highest BCUT2D eigenvalue weighted by Gasteiger charge is 2.24. The molecule has 0 aromatic heterocycles. The van der Waals surface area contributed by atoms with Crippen LogP contribution < -0.4 is 5.32 Å². The molecule has 0 fully saturated rings. The molecule has 0 saturated heterocycles. The quantitative estimate of drug-likeness (QED) is 0.203. The van der Waals surface area contributed by atoms with E-state index in [0.29, 0.717) is 10.0 Å². The Kier molecular flexibility index (Phi) is 8.66. The number of carbonyl (C=O) groups is 2. The van der Waals surface area contributed by atoms with Gasteiger partial charge in [-0.3, -0.25) is 4.79 Å². The Hall–Kier alpha value is -1.18. The van der Waals surface area contributed by atoms with Crippen molar-refractivity contribution in [1.29, 1.82) is 0 Å². The number of hydrogen-bond donors (Lipinski definition) is 2. The van der Waals surface area contributed by atoms with Gasteiger partial charge in [0.1, 0.15) is 5.57 Å². The van der Waals surface area contributed by atoms with Gasteiger partial charge in [0.2, 0.25) is 5.78 Å². The highest BCUT2D eigenvalue weighted by Crippen LogP contribution is 2.24. The number of Topliss-reactive ketones (excluding diaryl/α,β-unsaturated/α-hetero) is 1. The van der Waals surface area contributed by atoms with Crippen LogP contribution in [0.3, 0.4) is 0 Å². The van der Waals surface area contributed by atoms with Crippen molar-refractivity contribution in [1.82, 2.24) is 5.32 Å². The summed E-state index contributed by atoms with van der Waals surface area (Å²) in [6.45, 7) is 5.58. The van der Waals surface area contributed by atoms with Crippen molar-refractivity contribution in [3.05, 3.63) is 44.5 Å². The zero-order valence-corrected chi connectivity index (χ0v) is 17.0. The molecule has 0 spiro atoms. The Bertz CT molecular complexity index is 629. The predicted octanol–water partition coefficient (Wildman–Crippen LogP) is 3.45. The third-order valence-corrected chi connectivity index (χ3v) is 4.54. The number of hydrogen-bond acceptors (Lipinski definition) is 5. The van der Waals surface area contributed by atoms with Crippen LogP contribution in [0.2, 0.25) is 0 Å². The average molecular weight is 463 g/mol. The van der Waals surface area contributed by atoms with Gasteiger partial charge < -0.3 is 15.2 Å². The summed E-state index contributed by atoms with van der Waals surface area (Å²) < 4.78 is 6.29. The number of benzene rings is 1. The highest BCUT2D eigenvalue weighted by molar-refractivity contribution is 9.11. The molecule has 1 rings (SSSR count). The monoisotopic (exact) mass is 461 g/mol. The molecule has 2 N–H and O–H groups in total. The Balaban J connectivity index is 3.20. The summed E-state index contributed by atoms with van der Waals surface area (Å²) in [6.07, 6.45) is 1.33. The molecule has 0 aliphatic rings. The largest absolute Gasteiger partial charge is 0.462 e. The topological polar surface area (TPSA) is 75.6 Å². The standard InChI is InChI=1S/C17H21Br2NO4/c1-4-24-17(23)13(8-20-15(9-21)10(2)3)16(22)12-7-11(18)5-6-14(12)19/h5-8,10,15,20-21H,4,9H2,1-3H3/b13-8-/t15-/m1/s1. The lowest BCUT2D eigenvalue weighted by Gasteiger charge is -2.19. The van der Waals surface area contributed by atoms with Crippen LogP contribution in [0.4, 0.5) is 0 Å². The summed E-state index contributed by atoms with van der Waals surface area (Å²) in [6, 6.07) is 4.87. The fourth-order valence-corrected chi connectivity index (χ4v) is 2.68. The van der Waals surface area contributed by atoms with E-state index in [4.69, 9.17) is 4.74 Å². The van der Waals surface area contributed by atoms with Crippen molar-refractivity contribution in [2.24, 2.45) is 5.92 Å². The Labute approximate surface area is 158 Å². The van der Waals surface area contributed by atoms with E-state index >= 15 is 0 Å². The van der Waals surface area contributed by atoms with Gasteiger partial charge in [-0.2, -0.15) is 0 Å². The molecule has 24 heavy (non-hydrogen) atoms. The number of ketones is 1. The molecule has 0 heterocycles.